The van der Waals surface area contributed by atoms with Crippen LogP contribution in [-0.4, -0.2) is 9.91 Å². The van der Waals surface area contributed by atoms with Gasteiger partial charge in [-0.1, -0.05) is 6.07 Å². The lowest BCUT2D eigenvalue weighted by atomic mass is 10.1. The number of hydrogen-bond donors (Lipinski definition) is 0. The van der Waals surface area contributed by atoms with Crippen LogP contribution >= 0.6 is 11.3 Å². The molecule has 0 amide bonds. The number of nitro benzene ring substituents is 1. The van der Waals surface area contributed by atoms with E-state index in [-0.39, 0.29) is 12.3 Å². The number of fused-ring (bicyclic) bond motifs is 2. The molecule has 0 aliphatic carbocycles. The number of nitro groups is 1. The lowest BCUT2D eigenvalue weighted by molar-refractivity contribution is -0.384. The van der Waals surface area contributed by atoms with Crippen LogP contribution in [0.5, 0.6) is 5.75 Å². The molecular weight excluding hydrogens is 428 g/mol. The van der Waals surface area contributed by atoms with Gasteiger partial charge < -0.3 is 9.15 Å². The van der Waals surface area contributed by atoms with Gasteiger partial charge in [0.1, 0.15) is 17.9 Å². The fraction of sp³-hybridized carbons (Fsp3) is 0.0833. The largest absolute Gasteiger partial charge is 0.489 e. The van der Waals surface area contributed by atoms with E-state index in [1.54, 1.807) is 53.8 Å². The third-order valence-electron chi connectivity index (χ3n) is 5.20. The zero-order chi connectivity index (χ0) is 22.2. The quantitative estimate of drug-likeness (QED) is 0.191. The third kappa shape index (κ3) is 3.61. The molecule has 5 rings (SSSR count). The average Bonchev–Trinajstić information content (AvgIpc) is 3.31. The van der Waals surface area contributed by atoms with Gasteiger partial charge in [0.25, 0.3) is 5.69 Å². The van der Waals surface area contributed by atoms with Gasteiger partial charge in [0.05, 0.1) is 32.0 Å². The van der Waals surface area contributed by atoms with Crippen LogP contribution in [0.15, 0.2) is 75.3 Å². The smallest absolute Gasteiger partial charge is 0.336 e. The van der Waals surface area contributed by atoms with E-state index < -0.39 is 10.5 Å². The molecule has 3 heterocycles. The Balaban J connectivity index is 1.49. The van der Waals surface area contributed by atoms with Gasteiger partial charge in [-0.05, 0) is 60.3 Å². The second-order valence-corrected chi connectivity index (χ2v) is 8.21. The molecule has 0 saturated heterocycles. The zero-order valence-electron chi connectivity index (χ0n) is 16.9. The number of benzene rings is 2. The topological polar surface area (TPSA) is 95.5 Å². The summed E-state index contributed by atoms with van der Waals surface area (Å²) >= 11 is 1.56. The van der Waals surface area contributed by atoms with Crippen LogP contribution < -0.4 is 10.4 Å². The molecule has 7 nitrogen and oxygen atoms in total. The minimum atomic E-state index is -0.438. The van der Waals surface area contributed by atoms with E-state index in [9.17, 15) is 14.9 Å². The van der Waals surface area contributed by atoms with Crippen molar-refractivity contribution in [2.75, 3.05) is 0 Å². The fourth-order valence-corrected chi connectivity index (χ4v) is 4.38. The molecule has 3 aromatic heterocycles. The molecule has 0 atom stereocenters. The first kappa shape index (κ1) is 19.9. The molecule has 0 aliphatic heterocycles. The Labute approximate surface area is 185 Å². The predicted octanol–water partition coefficient (Wildman–Crippen LogP) is 5.87. The number of aromatic nitrogens is 1. The van der Waals surface area contributed by atoms with Gasteiger partial charge in [0.2, 0.25) is 0 Å². The van der Waals surface area contributed by atoms with Crippen molar-refractivity contribution >= 4 is 38.9 Å². The van der Waals surface area contributed by atoms with Crippen molar-refractivity contribution in [3.8, 4) is 16.3 Å². The van der Waals surface area contributed by atoms with Crippen LogP contribution in [0.1, 0.15) is 11.1 Å². The number of rotatable bonds is 5. The summed E-state index contributed by atoms with van der Waals surface area (Å²) in [5.74, 6) is 0.451. The minimum Gasteiger partial charge on any atom is -0.489 e. The van der Waals surface area contributed by atoms with Gasteiger partial charge in [0.15, 0.2) is 0 Å². The highest BCUT2D eigenvalue weighted by Crippen LogP contribution is 2.33. The van der Waals surface area contributed by atoms with Crippen molar-refractivity contribution in [1.29, 1.82) is 0 Å². The number of nitrogens with zero attached hydrogens (tertiary/aromatic N) is 2. The summed E-state index contributed by atoms with van der Waals surface area (Å²) < 4.78 is 11.1. The van der Waals surface area contributed by atoms with Crippen LogP contribution in [0, 0.1) is 17.0 Å². The van der Waals surface area contributed by atoms with Gasteiger partial charge in [0, 0.05) is 17.5 Å². The van der Waals surface area contributed by atoms with Crippen LogP contribution in [0.3, 0.4) is 0 Å². The Bertz CT molecular complexity index is 1540. The maximum absolute atomic E-state index is 11.9. The summed E-state index contributed by atoms with van der Waals surface area (Å²) in [5, 5.41) is 15.1. The molecule has 0 aliphatic rings. The lowest BCUT2D eigenvalue weighted by Crippen LogP contribution is -2.02. The third-order valence-corrected chi connectivity index (χ3v) is 6.09. The number of ether oxygens (including phenoxy) is 1. The average molecular weight is 444 g/mol. The van der Waals surface area contributed by atoms with E-state index in [2.05, 4.69) is 4.98 Å². The van der Waals surface area contributed by atoms with E-state index in [0.29, 0.717) is 27.8 Å². The van der Waals surface area contributed by atoms with Crippen molar-refractivity contribution in [1.82, 2.24) is 4.98 Å². The Morgan fingerprint density at radius 1 is 1.09 bits per heavy atom. The van der Waals surface area contributed by atoms with E-state index in [4.69, 9.17) is 9.15 Å². The first-order valence-electron chi connectivity index (χ1n) is 9.78. The second-order valence-electron chi connectivity index (χ2n) is 7.27. The fourth-order valence-electron chi connectivity index (χ4n) is 3.68. The van der Waals surface area contributed by atoms with E-state index in [0.717, 1.165) is 21.5 Å². The van der Waals surface area contributed by atoms with E-state index in [1.807, 2.05) is 24.4 Å². The van der Waals surface area contributed by atoms with E-state index >= 15 is 0 Å². The van der Waals surface area contributed by atoms with Crippen molar-refractivity contribution < 1.29 is 14.1 Å². The zero-order valence-corrected chi connectivity index (χ0v) is 17.7. The summed E-state index contributed by atoms with van der Waals surface area (Å²) in [7, 11) is 0. The highest BCUT2D eigenvalue weighted by Gasteiger charge is 2.20. The Morgan fingerprint density at radius 2 is 1.94 bits per heavy atom. The molecule has 0 bridgehead atoms. The number of pyridine rings is 1. The van der Waals surface area contributed by atoms with Crippen LogP contribution in [0.25, 0.3) is 32.4 Å². The normalized spacial score (nSPS) is 11.2. The van der Waals surface area contributed by atoms with Crippen LogP contribution in [-0.2, 0) is 6.61 Å². The molecule has 2 aromatic carbocycles. The predicted molar refractivity (Wildman–Crippen MR) is 123 cm³/mol. The molecule has 0 N–H and O–H groups in total. The Morgan fingerprint density at radius 3 is 2.72 bits per heavy atom. The number of aryl methyl sites for hydroxylation is 1. The number of hydrogen-bond acceptors (Lipinski definition) is 7. The van der Waals surface area contributed by atoms with Gasteiger partial charge in [-0.15, -0.1) is 11.3 Å². The monoisotopic (exact) mass is 444 g/mol. The van der Waals surface area contributed by atoms with Gasteiger partial charge in [-0.3, -0.25) is 10.1 Å². The highest BCUT2D eigenvalue weighted by atomic mass is 32.1. The summed E-state index contributed by atoms with van der Waals surface area (Å²) in [6, 6.07) is 17.4. The minimum absolute atomic E-state index is 0.0134. The summed E-state index contributed by atoms with van der Waals surface area (Å²) in [6.07, 6.45) is 0. The molecule has 158 valence electrons. The molecule has 0 fully saturated rings. The molecular formula is C24H16N2O5S. The molecule has 0 unspecified atom stereocenters. The standard InChI is InChI=1S/C24H16N2O5S/c1-14-11-23(27)31-21-12-16(5-6-17(14)21)30-13-15-4-8-19-18(24(15)26(28)29)7-9-20(25-19)22-3-2-10-32-22/h2-12H,13H2,1H3. The molecule has 0 radical (unpaired) electrons. The second kappa shape index (κ2) is 7.90. The van der Waals surface area contributed by atoms with E-state index in [1.165, 1.54) is 6.07 Å². The molecule has 5 aromatic rings. The molecule has 0 spiro atoms. The molecule has 0 saturated carbocycles. The van der Waals surface area contributed by atoms with Gasteiger partial charge in [-0.2, -0.15) is 0 Å². The Kier molecular flexibility index (Phi) is 4.91. The van der Waals surface area contributed by atoms with Crippen LogP contribution in [0.2, 0.25) is 0 Å². The number of thiophene rings is 1. The summed E-state index contributed by atoms with van der Waals surface area (Å²) in [6.45, 7) is 1.82. The van der Waals surface area contributed by atoms with Crippen molar-refractivity contribution in [2.24, 2.45) is 0 Å². The molecule has 8 heteroatoms. The lowest BCUT2D eigenvalue weighted by Gasteiger charge is -2.10. The Hall–Kier alpha value is -4.04. The van der Waals surface area contributed by atoms with Crippen molar-refractivity contribution in [2.45, 2.75) is 13.5 Å². The highest BCUT2D eigenvalue weighted by molar-refractivity contribution is 7.13. The maximum Gasteiger partial charge on any atom is 0.336 e. The van der Waals surface area contributed by atoms with Crippen molar-refractivity contribution in [3.63, 3.8) is 0 Å². The maximum atomic E-state index is 11.9. The summed E-state index contributed by atoms with van der Waals surface area (Å²) in [4.78, 5) is 28.7. The first-order valence-corrected chi connectivity index (χ1v) is 10.7. The van der Waals surface area contributed by atoms with Crippen molar-refractivity contribution in [3.05, 3.63) is 97.7 Å². The van der Waals surface area contributed by atoms with Crippen LogP contribution in [0.4, 0.5) is 5.69 Å². The molecule has 32 heavy (non-hydrogen) atoms. The van der Waals surface area contributed by atoms with Gasteiger partial charge >= 0.3 is 5.63 Å². The SMILES string of the molecule is Cc1cc(=O)oc2cc(OCc3ccc4nc(-c5cccs5)ccc4c3[N+](=O)[O-])ccc12. The van der Waals surface area contributed by atoms with Gasteiger partial charge in [-0.25, -0.2) is 9.78 Å². The summed E-state index contributed by atoms with van der Waals surface area (Å²) in [5.41, 5.74) is 2.50. The first-order chi connectivity index (χ1) is 15.5.